The van der Waals surface area contributed by atoms with Crippen molar-refractivity contribution in [3.63, 3.8) is 0 Å². The van der Waals surface area contributed by atoms with Crippen LogP contribution in [0.2, 0.25) is 5.02 Å². The fraction of sp³-hybridized carbons (Fsp3) is 0.156. The minimum Gasteiger partial charge on any atom is -0.463 e. The lowest BCUT2D eigenvalue weighted by Gasteiger charge is -2.24. The number of nitrogens with zero attached hydrogens (tertiary/aromatic N) is 3. The molecule has 3 aromatic carbocycles. The van der Waals surface area contributed by atoms with E-state index in [1.807, 2.05) is 60.8 Å². The Labute approximate surface area is 243 Å². The van der Waals surface area contributed by atoms with Gasteiger partial charge in [-0.05, 0) is 55.3 Å². The molecule has 6 nitrogen and oxygen atoms in total. The zero-order valence-electron chi connectivity index (χ0n) is 22.3. The van der Waals surface area contributed by atoms with E-state index in [4.69, 9.17) is 16.3 Å². The number of hydrogen-bond acceptors (Lipinski definition) is 5. The Hall–Kier alpha value is -4.27. The normalized spacial score (nSPS) is 15.2. The lowest BCUT2D eigenvalue weighted by atomic mass is 9.96. The van der Waals surface area contributed by atoms with Crippen molar-refractivity contribution in [1.82, 2.24) is 9.13 Å². The molecule has 0 radical (unpaired) electrons. The molecule has 6 rings (SSSR count). The molecule has 5 aromatic rings. The summed E-state index contributed by atoms with van der Waals surface area (Å²) in [5, 5.41) is 1.68. The predicted octanol–water partition coefficient (Wildman–Crippen LogP) is 5.59. The van der Waals surface area contributed by atoms with E-state index in [-0.39, 0.29) is 17.7 Å². The summed E-state index contributed by atoms with van der Waals surface area (Å²) >= 11 is 7.70. The summed E-state index contributed by atoms with van der Waals surface area (Å²) in [6.45, 7) is 4.19. The monoisotopic (exact) mass is 585 g/mol. The third-order valence-corrected chi connectivity index (χ3v) is 8.46. The molecule has 1 atom stereocenters. The first-order valence-corrected chi connectivity index (χ1v) is 14.3. The van der Waals surface area contributed by atoms with Crippen LogP contribution >= 0.6 is 22.9 Å². The Morgan fingerprint density at radius 1 is 1.10 bits per heavy atom. The average Bonchev–Trinajstić information content (AvgIpc) is 3.46. The third-order valence-electron chi connectivity index (χ3n) is 7.11. The second kappa shape index (κ2) is 11.0. The Bertz CT molecular complexity index is 2020. The van der Waals surface area contributed by atoms with Gasteiger partial charge in [0, 0.05) is 34.2 Å². The van der Waals surface area contributed by atoms with E-state index in [0.29, 0.717) is 32.2 Å². The molecule has 0 fully saturated rings. The molecule has 9 heteroatoms. The van der Waals surface area contributed by atoms with Gasteiger partial charge in [-0.3, -0.25) is 9.36 Å². The molecule has 0 bridgehead atoms. The quantitative estimate of drug-likeness (QED) is 0.244. The number of benzene rings is 3. The molecule has 1 aliphatic heterocycles. The molecular formula is C32H25ClFN3O3S. The molecular weight excluding hydrogens is 561 g/mol. The van der Waals surface area contributed by atoms with E-state index in [1.54, 1.807) is 26.0 Å². The van der Waals surface area contributed by atoms with E-state index in [0.717, 1.165) is 22.0 Å². The highest BCUT2D eigenvalue weighted by Gasteiger charge is 2.33. The topological polar surface area (TPSA) is 65.6 Å². The van der Waals surface area contributed by atoms with Gasteiger partial charge in [-0.2, -0.15) is 0 Å². The largest absolute Gasteiger partial charge is 0.463 e. The van der Waals surface area contributed by atoms with Crippen LogP contribution in [0.5, 0.6) is 0 Å². The van der Waals surface area contributed by atoms with Crippen molar-refractivity contribution in [2.75, 3.05) is 6.61 Å². The molecule has 0 N–H and O–H groups in total. The summed E-state index contributed by atoms with van der Waals surface area (Å²) in [4.78, 5) is 32.1. The third kappa shape index (κ3) is 4.94. The second-order valence-electron chi connectivity index (χ2n) is 9.67. The van der Waals surface area contributed by atoms with Gasteiger partial charge in [0.25, 0.3) is 5.56 Å². The van der Waals surface area contributed by atoms with Crippen molar-refractivity contribution in [2.45, 2.75) is 26.4 Å². The van der Waals surface area contributed by atoms with Crippen LogP contribution in [0, 0.1) is 5.82 Å². The molecule has 0 spiro atoms. The Morgan fingerprint density at radius 3 is 2.59 bits per heavy atom. The average molecular weight is 586 g/mol. The van der Waals surface area contributed by atoms with Crippen LogP contribution in [0.15, 0.2) is 100 Å². The van der Waals surface area contributed by atoms with E-state index >= 15 is 0 Å². The highest BCUT2D eigenvalue weighted by molar-refractivity contribution is 7.07. The molecule has 0 saturated carbocycles. The van der Waals surface area contributed by atoms with E-state index in [1.165, 1.54) is 28.0 Å². The maximum atomic E-state index is 14.0. The number of halogens is 2. The van der Waals surface area contributed by atoms with Gasteiger partial charge in [0.15, 0.2) is 4.80 Å². The standard InChI is InChI=1S/C32H25ClFN3O3S/c1-3-40-31(39)28-19(2)35-32-37(29(28)20-12-14-23(34)15-13-20)30(38)27(41-32)16-22-18-36(26-11-7-5-9-24(22)26)17-21-8-4-6-10-25(21)33/h4-16,18,29H,3,17H2,1-2H3/b27-16-/t29-/m0/s1. The summed E-state index contributed by atoms with van der Waals surface area (Å²) in [5.74, 6) is -0.965. The number of thiazole rings is 1. The van der Waals surface area contributed by atoms with Crippen molar-refractivity contribution in [2.24, 2.45) is 4.99 Å². The number of hydrogen-bond donors (Lipinski definition) is 0. The smallest absolute Gasteiger partial charge is 0.338 e. The first kappa shape index (κ1) is 26.9. The number of allylic oxidation sites excluding steroid dienone is 1. The zero-order chi connectivity index (χ0) is 28.7. The SMILES string of the molecule is CCOC(=O)C1=C(C)N=c2s/c(=C\c3cn(Cc4ccccc4Cl)c4ccccc34)c(=O)n2[C@H]1c1ccc(F)cc1. The van der Waals surface area contributed by atoms with Gasteiger partial charge < -0.3 is 9.30 Å². The van der Waals surface area contributed by atoms with Gasteiger partial charge >= 0.3 is 5.97 Å². The number of carbonyl (C=O) groups is 1. The lowest BCUT2D eigenvalue weighted by Crippen LogP contribution is -2.39. The summed E-state index contributed by atoms with van der Waals surface area (Å²) in [6.07, 6.45) is 3.87. The number of esters is 1. The maximum Gasteiger partial charge on any atom is 0.338 e. The van der Waals surface area contributed by atoms with Gasteiger partial charge in [-0.15, -0.1) is 0 Å². The summed E-state index contributed by atoms with van der Waals surface area (Å²) in [6, 6.07) is 20.7. The van der Waals surface area contributed by atoms with Crippen LogP contribution in [0.25, 0.3) is 17.0 Å². The summed E-state index contributed by atoms with van der Waals surface area (Å²) in [5.41, 5.74) is 3.89. The van der Waals surface area contributed by atoms with Gasteiger partial charge in [0.2, 0.25) is 0 Å². The van der Waals surface area contributed by atoms with Gasteiger partial charge in [-0.1, -0.05) is 71.5 Å². The van der Waals surface area contributed by atoms with Gasteiger partial charge in [0.05, 0.1) is 28.5 Å². The van der Waals surface area contributed by atoms with Crippen LogP contribution in [-0.2, 0) is 16.1 Å². The van der Waals surface area contributed by atoms with Crippen LogP contribution in [-0.4, -0.2) is 21.7 Å². The lowest BCUT2D eigenvalue weighted by molar-refractivity contribution is -0.139. The maximum absolute atomic E-state index is 14.0. The van der Waals surface area contributed by atoms with Gasteiger partial charge in [0.1, 0.15) is 5.82 Å². The Morgan fingerprint density at radius 2 is 1.83 bits per heavy atom. The molecule has 2 aromatic heterocycles. The summed E-state index contributed by atoms with van der Waals surface area (Å²) < 4.78 is 23.2. The van der Waals surface area contributed by atoms with E-state index in [2.05, 4.69) is 9.56 Å². The van der Waals surface area contributed by atoms with E-state index < -0.39 is 17.8 Å². The molecule has 0 amide bonds. The van der Waals surface area contributed by atoms with E-state index in [9.17, 15) is 14.0 Å². The number of para-hydroxylation sites is 1. The minimum absolute atomic E-state index is 0.175. The minimum atomic E-state index is -0.797. The summed E-state index contributed by atoms with van der Waals surface area (Å²) in [7, 11) is 0. The van der Waals surface area contributed by atoms with Gasteiger partial charge in [-0.25, -0.2) is 14.2 Å². The Kier molecular flexibility index (Phi) is 7.19. The Balaban J connectivity index is 1.52. The van der Waals surface area contributed by atoms with Crippen molar-refractivity contribution in [3.05, 3.63) is 137 Å². The fourth-order valence-corrected chi connectivity index (χ4v) is 6.46. The number of fused-ring (bicyclic) bond motifs is 2. The second-order valence-corrected chi connectivity index (χ2v) is 11.1. The first-order chi connectivity index (χ1) is 19.9. The van der Waals surface area contributed by atoms with Crippen LogP contribution in [0.4, 0.5) is 4.39 Å². The van der Waals surface area contributed by atoms with Crippen molar-refractivity contribution in [3.8, 4) is 0 Å². The highest BCUT2D eigenvalue weighted by Crippen LogP contribution is 2.31. The fourth-order valence-electron chi connectivity index (χ4n) is 5.22. The number of rotatable bonds is 6. The molecule has 0 saturated heterocycles. The molecule has 0 unspecified atom stereocenters. The van der Waals surface area contributed by atoms with Crippen molar-refractivity contribution in [1.29, 1.82) is 0 Å². The highest BCUT2D eigenvalue weighted by atomic mass is 35.5. The molecule has 41 heavy (non-hydrogen) atoms. The molecule has 0 aliphatic carbocycles. The number of carbonyl (C=O) groups excluding carboxylic acids is 1. The molecule has 3 heterocycles. The first-order valence-electron chi connectivity index (χ1n) is 13.1. The van der Waals surface area contributed by atoms with Crippen LogP contribution in [0.3, 0.4) is 0 Å². The van der Waals surface area contributed by atoms with Crippen molar-refractivity contribution >= 4 is 45.9 Å². The number of aromatic nitrogens is 2. The van der Waals surface area contributed by atoms with Crippen LogP contribution in [0.1, 0.15) is 36.6 Å². The zero-order valence-corrected chi connectivity index (χ0v) is 23.9. The predicted molar refractivity (Wildman–Crippen MR) is 159 cm³/mol. The van der Waals surface area contributed by atoms with Crippen LogP contribution < -0.4 is 14.9 Å². The number of ether oxygens (including phenoxy) is 1. The molecule has 1 aliphatic rings. The van der Waals surface area contributed by atoms with Crippen molar-refractivity contribution < 1.29 is 13.9 Å². The molecule has 206 valence electrons.